The lowest BCUT2D eigenvalue weighted by atomic mass is 9.92. The number of fused-ring (bicyclic) bond motifs is 3. The number of hydrogen-bond donors (Lipinski definition) is 1. The molecule has 6 heterocycles. The monoisotopic (exact) mass is 524 g/mol. The number of anilines is 1. The van der Waals surface area contributed by atoms with E-state index in [4.69, 9.17) is 4.98 Å². The van der Waals surface area contributed by atoms with E-state index in [0.29, 0.717) is 5.56 Å². The summed E-state index contributed by atoms with van der Waals surface area (Å²) in [6.07, 6.45) is 12.0. The molecular weight excluding hydrogens is 492 g/mol. The maximum atomic E-state index is 12.1. The van der Waals surface area contributed by atoms with E-state index in [1.165, 1.54) is 0 Å². The van der Waals surface area contributed by atoms with Crippen LogP contribution >= 0.6 is 0 Å². The van der Waals surface area contributed by atoms with E-state index < -0.39 is 11.6 Å². The molecule has 200 valence electrons. The molecule has 4 aromatic heterocycles. The molecular formula is C29H32N8O2. The Kier molecular flexibility index (Phi) is 5.83. The zero-order valence-corrected chi connectivity index (χ0v) is 22.6. The van der Waals surface area contributed by atoms with Crippen molar-refractivity contribution < 1.29 is 9.90 Å². The highest BCUT2D eigenvalue weighted by atomic mass is 16.4. The van der Waals surface area contributed by atoms with Crippen LogP contribution in [0.15, 0.2) is 49.2 Å². The summed E-state index contributed by atoms with van der Waals surface area (Å²) in [5, 5.41) is 28.4. The standard InChI is InChI=1S/C29H32N8O2/c1-29(2,3)37(28(38)39)24-10-22-6-7-23(11-24)36(22)26-8-5-18(13-31-26)25-9-19(21-15-32-34(4)16-21)17-35-27(25)20(12-30)14-33-35/h5,8-9,13-17,22-24H,6-7,10-11H2,1-4H3,(H,38,39)/t22-,23+,24?. The third-order valence-corrected chi connectivity index (χ3v) is 8.10. The Balaban J connectivity index is 1.32. The van der Waals surface area contributed by atoms with Crippen molar-refractivity contribution in [3.63, 3.8) is 0 Å². The second kappa shape index (κ2) is 9.12. The van der Waals surface area contributed by atoms with Crippen molar-refractivity contribution in [2.75, 3.05) is 4.90 Å². The molecule has 2 bridgehead atoms. The molecule has 2 aliphatic heterocycles. The van der Waals surface area contributed by atoms with Gasteiger partial charge >= 0.3 is 6.09 Å². The lowest BCUT2D eigenvalue weighted by molar-refractivity contribution is 0.0558. The van der Waals surface area contributed by atoms with Gasteiger partial charge in [-0.05, 0) is 64.7 Å². The maximum absolute atomic E-state index is 12.1. The van der Waals surface area contributed by atoms with Crippen LogP contribution in [0.25, 0.3) is 27.8 Å². The summed E-state index contributed by atoms with van der Waals surface area (Å²) >= 11 is 0. The van der Waals surface area contributed by atoms with Crippen LogP contribution in [0.1, 0.15) is 52.0 Å². The Labute approximate surface area is 227 Å². The quantitative estimate of drug-likeness (QED) is 0.402. The number of rotatable bonds is 4. The molecule has 10 nitrogen and oxygen atoms in total. The number of carbonyl (C=O) groups is 1. The lowest BCUT2D eigenvalue weighted by Crippen LogP contribution is -2.57. The maximum Gasteiger partial charge on any atom is 0.407 e. The van der Waals surface area contributed by atoms with Gasteiger partial charge in [-0.25, -0.2) is 14.3 Å². The predicted octanol–water partition coefficient (Wildman–Crippen LogP) is 4.95. The normalized spacial score (nSPS) is 20.8. The first-order valence-electron chi connectivity index (χ1n) is 13.3. The molecule has 1 amide bonds. The minimum Gasteiger partial charge on any atom is -0.465 e. The van der Waals surface area contributed by atoms with Gasteiger partial charge in [-0.1, -0.05) is 0 Å². The van der Waals surface area contributed by atoms with Gasteiger partial charge in [0.15, 0.2) is 0 Å². The first-order valence-corrected chi connectivity index (χ1v) is 13.3. The number of aryl methyl sites for hydroxylation is 1. The number of amides is 1. The van der Waals surface area contributed by atoms with Gasteiger partial charge in [0.1, 0.15) is 11.9 Å². The van der Waals surface area contributed by atoms with Crippen LogP contribution in [-0.4, -0.2) is 64.1 Å². The molecule has 3 atom stereocenters. The molecule has 1 unspecified atom stereocenters. The second-order valence-corrected chi connectivity index (χ2v) is 11.7. The Hall–Kier alpha value is -4.39. The van der Waals surface area contributed by atoms with E-state index in [-0.39, 0.29) is 18.1 Å². The Bertz CT molecular complexity index is 1580. The van der Waals surface area contributed by atoms with E-state index in [9.17, 15) is 15.2 Å². The molecule has 0 saturated carbocycles. The molecule has 39 heavy (non-hydrogen) atoms. The molecule has 1 N–H and O–H groups in total. The number of pyridine rings is 2. The van der Waals surface area contributed by atoms with E-state index in [1.54, 1.807) is 20.3 Å². The molecule has 0 radical (unpaired) electrons. The molecule has 0 aromatic carbocycles. The van der Waals surface area contributed by atoms with Crippen LogP contribution in [0.5, 0.6) is 0 Å². The molecule has 10 heteroatoms. The highest BCUT2D eigenvalue weighted by Crippen LogP contribution is 2.42. The number of nitrogens with zero attached hydrogens (tertiary/aromatic N) is 8. The van der Waals surface area contributed by atoms with Crippen LogP contribution in [0.3, 0.4) is 0 Å². The first-order chi connectivity index (χ1) is 18.6. The second-order valence-electron chi connectivity index (χ2n) is 11.7. The van der Waals surface area contributed by atoms with Crippen molar-refractivity contribution in [3.8, 4) is 28.3 Å². The van der Waals surface area contributed by atoms with Crippen LogP contribution in [0.2, 0.25) is 0 Å². The Morgan fingerprint density at radius 3 is 2.36 bits per heavy atom. The molecule has 4 aromatic rings. The van der Waals surface area contributed by atoms with E-state index in [0.717, 1.165) is 59.3 Å². The van der Waals surface area contributed by atoms with Gasteiger partial charge in [0.25, 0.3) is 0 Å². The van der Waals surface area contributed by atoms with Crippen LogP contribution in [-0.2, 0) is 7.05 Å². The number of hydrogen-bond acceptors (Lipinski definition) is 6. The summed E-state index contributed by atoms with van der Waals surface area (Å²) in [7, 11) is 1.88. The summed E-state index contributed by atoms with van der Waals surface area (Å²) in [5.74, 6) is 0.913. The van der Waals surface area contributed by atoms with Crippen molar-refractivity contribution >= 4 is 17.4 Å². The molecule has 2 saturated heterocycles. The van der Waals surface area contributed by atoms with Crippen LogP contribution in [0, 0.1) is 11.3 Å². The van der Waals surface area contributed by atoms with Gasteiger partial charge in [-0.2, -0.15) is 15.5 Å². The minimum atomic E-state index is -0.848. The van der Waals surface area contributed by atoms with Gasteiger partial charge in [0, 0.05) is 71.6 Å². The van der Waals surface area contributed by atoms with E-state index >= 15 is 0 Å². The molecule has 2 fully saturated rings. The number of piperidine rings is 1. The van der Waals surface area contributed by atoms with Crippen molar-refractivity contribution in [1.82, 2.24) is 29.3 Å². The topological polar surface area (TPSA) is 116 Å². The summed E-state index contributed by atoms with van der Waals surface area (Å²) in [6, 6.07) is 8.96. The van der Waals surface area contributed by atoms with Crippen molar-refractivity contribution in [3.05, 3.63) is 54.7 Å². The lowest BCUT2D eigenvalue weighted by Gasteiger charge is -2.47. The van der Waals surface area contributed by atoms with Gasteiger partial charge in [-0.15, -0.1) is 0 Å². The molecule has 0 aliphatic carbocycles. The predicted molar refractivity (Wildman–Crippen MR) is 147 cm³/mol. The summed E-state index contributed by atoms with van der Waals surface area (Å²) in [5.41, 5.74) is 4.51. The SMILES string of the molecule is Cn1cc(-c2cc(-c3ccc(N4[C@@H]5CC[C@H]4CC(N(C(=O)O)C(C)(C)C)C5)nc3)c3c(C#N)cnn3c2)cn1. The van der Waals surface area contributed by atoms with Gasteiger partial charge in [0.05, 0.1) is 23.5 Å². The number of nitriles is 1. The van der Waals surface area contributed by atoms with Gasteiger partial charge < -0.3 is 14.9 Å². The zero-order valence-electron chi connectivity index (χ0n) is 22.6. The third-order valence-electron chi connectivity index (χ3n) is 8.10. The fraction of sp³-hybridized carbons (Fsp3) is 0.414. The van der Waals surface area contributed by atoms with Crippen molar-refractivity contribution in [2.24, 2.45) is 7.05 Å². The summed E-state index contributed by atoms with van der Waals surface area (Å²) < 4.78 is 3.51. The minimum absolute atomic E-state index is 0.00490. The molecule has 0 spiro atoms. The molecule has 2 aliphatic rings. The fourth-order valence-electron chi connectivity index (χ4n) is 6.57. The van der Waals surface area contributed by atoms with E-state index in [1.807, 2.05) is 52.6 Å². The largest absolute Gasteiger partial charge is 0.465 e. The van der Waals surface area contributed by atoms with E-state index in [2.05, 4.69) is 39.4 Å². The summed E-state index contributed by atoms with van der Waals surface area (Å²) in [4.78, 5) is 21.0. The fourth-order valence-corrected chi connectivity index (χ4v) is 6.57. The Morgan fingerprint density at radius 2 is 1.79 bits per heavy atom. The number of aromatic nitrogens is 5. The highest BCUT2D eigenvalue weighted by Gasteiger charge is 2.46. The third kappa shape index (κ3) is 4.28. The van der Waals surface area contributed by atoms with Crippen LogP contribution in [0.4, 0.5) is 10.6 Å². The zero-order chi connectivity index (χ0) is 27.5. The van der Waals surface area contributed by atoms with Crippen molar-refractivity contribution in [2.45, 2.75) is 70.1 Å². The van der Waals surface area contributed by atoms with Crippen LogP contribution < -0.4 is 4.90 Å². The average Bonchev–Trinajstić information content (AvgIpc) is 3.58. The Morgan fingerprint density at radius 1 is 1.05 bits per heavy atom. The van der Waals surface area contributed by atoms with Gasteiger partial charge in [0.2, 0.25) is 0 Å². The van der Waals surface area contributed by atoms with Crippen molar-refractivity contribution in [1.29, 1.82) is 5.26 Å². The molecule has 6 rings (SSSR count). The summed E-state index contributed by atoms with van der Waals surface area (Å²) in [6.45, 7) is 5.90. The first kappa shape index (κ1) is 24.9. The number of carboxylic acid groups (broad SMARTS) is 1. The highest BCUT2D eigenvalue weighted by molar-refractivity contribution is 5.87. The van der Waals surface area contributed by atoms with Gasteiger partial charge in [-0.3, -0.25) is 4.68 Å². The average molecular weight is 525 g/mol. The smallest absolute Gasteiger partial charge is 0.407 e.